The Morgan fingerprint density at radius 2 is 1.86 bits per heavy atom. The number of nitrogens with one attached hydrogen (secondary N) is 2. The molecule has 9 nitrogen and oxygen atoms in total. The second kappa shape index (κ2) is 10.4. The minimum absolute atomic E-state index is 0.456. The number of carbonyl (C=O) groups excluding carboxylic acids is 1. The highest BCUT2D eigenvalue weighted by Gasteiger charge is 2.21. The van der Waals surface area contributed by atoms with Gasteiger partial charge in [-0.05, 0) is 65.7 Å². The summed E-state index contributed by atoms with van der Waals surface area (Å²) >= 11 is 0. The molecule has 1 aliphatic carbocycles. The molecule has 0 bridgehead atoms. The molecule has 3 aromatic rings. The molecule has 1 amide bonds. The summed E-state index contributed by atoms with van der Waals surface area (Å²) in [6, 6.07) is 5.60. The van der Waals surface area contributed by atoms with Crippen LogP contribution in [0.2, 0.25) is 0 Å². The quantitative estimate of drug-likeness (QED) is 0.433. The second-order valence-electron chi connectivity index (χ2n) is 10.0. The summed E-state index contributed by atoms with van der Waals surface area (Å²) in [7, 11) is 0. The van der Waals surface area contributed by atoms with Crippen LogP contribution >= 0.6 is 0 Å². The molecule has 1 aliphatic rings. The van der Waals surface area contributed by atoms with Gasteiger partial charge >= 0.3 is 6.09 Å². The van der Waals surface area contributed by atoms with Crippen molar-refractivity contribution >= 4 is 17.7 Å². The fourth-order valence-electron chi connectivity index (χ4n) is 4.28. The van der Waals surface area contributed by atoms with E-state index in [2.05, 4.69) is 25.8 Å². The average molecular weight is 479 g/mol. The maximum atomic E-state index is 12.1. The highest BCUT2D eigenvalue weighted by atomic mass is 16.6. The van der Waals surface area contributed by atoms with E-state index in [0.717, 1.165) is 17.0 Å². The van der Waals surface area contributed by atoms with Gasteiger partial charge in [0.2, 0.25) is 5.95 Å². The zero-order valence-electron chi connectivity index (χ0n) is 21.1. The first-order valence-corrected chi connectivity index (χ1v) is 12.2. The van der Waals surface area contributed by atoms with Crippen LogP contribution in [0.1, 0.15) is 81.4 Å². The van der Waals surface area contributed by atoms with Crippen molar-refractivity contribution in [1.29, 1.82) is 0 Å². The van der Waals surface area contributed by atoms with Gasteiger partial charge < -0.3 is 14.6 Å². The number of rotatable bonds is 6. The van der Waals surface area contributed by atoms with Gasteiger partial charge in [0.1, 0.15) is 11.3 Å². The number of carbonyl (C=O) groups is 1. The van der Waals surface area contributed by atoms with Crippen LogP contribution in [0.3, 0.4) is 0 Å². The van der Waals surface area contributed by atoms with Crippen molar-refractivity contribution in [2.24, 2.45) is 0 Å². The summed E-state index contributed by atoms with van der Waals surface area (Å²) in [5.74, 6) is 1.69. The van der Waals surface area contributed by atoms with E-state index >= 15 is 0 Å². The van der Waals surface area contributed by atoms with Crippen molar-refractivity contribution in [2.45, 2.75) is 84.8 Å². The smallest absolute Gasteiger partial charge is 0.412 e. The molecular formula is C26H34N6O3. The summed E-state index contributed by atoms with van der Waals surface area (Å²) in [5.41, 5.74) is 4.03. The second-order valence-corrected chi connectivity index (χ2v) is 10.0. The number of aryl methyl sites for hydroxylation is 2. The Morgan fingerprint density at radius 3 is 2.57 bits per heavy atom. The summed E-state index contributed by atoms with van der Waals surface area (Å²) in [5, 5.41) is 10.2. The minimum Gasteiger partial charge on any atom is -0.444 e. The first-order valence-electron chi connectivity index (χ1n) is 12.2. The fraction of sp³-hybridized carbons (Fsp3) is 0.500. The fourth-order valence-corrected chi connectivity index (χ4v) is 4.28. The lowest BCUT2D eigenvalue weighted by molar-refractivity contribution is 0.0635. The third kappa shape index (κ3) is 6.35. The number of nitrogens with zero attached hydrogens (tertiary/aromatic N) is 4. The number of anilines is 2. The van der Waals surface area contributed by atoms with Crippen LogP contribution in [0, 0.1) is 13.8 Å². The molecule has 0 aromatic carbocycles. The number of aromatic nitrogens is 4. The van der Waals surface area contributed by atoms with Gasteiger partial charge in [0.25, 0.3) is 0 Å². The molecule has 2 N–H and O–H groups in total. The van der Waals surface area contributed by atoms with Gasteiger partial charge in [-0.1, -0.05) is 24.4 Å². The van der Waals surface area contributed by atoms with E-state index in [4.69, 9.17) is 14.2 Å². The van der Waals surface area contributed by atoms with Gasteiger partial charge in [-0.15, -0.1) is 0 Å². The molecule has 9 heteroatoms. The number of hydrogen-bond donors (Lipinski definition) is 2. The third-order valence-electron chi connectivity index (χ3n) is 6.06. The Bertz CT molecular complexity index is 1180. The van der Waals surface area contributed by atoms with Gasteiger partial charge in [0, 0.05) is 29.9 Å². The van der Waals surface area contributed by atoms with Crippen LogP contribution in [-0.4, -0.2) is 31.8 Å². The number of ether oxygens (including phenoxy) is 1. The Morgan fingerprint density at radius 1 is 1.09 bits per heavy atom. The maximum Gasteiger partial charge on any atom is 0.412 e. The van der Waals surface area contributed by atoms with Crippen LogP contribution in [0.25, 0.3) is 11.5 Å². The van der Waals surface area contributed by atoms with Gasteiger partial charge in [-0.25, -0.2) is 19.7 Å². The molecule has 186 valence electrons. The normalized spacial score (nSPS) is 14.5. The molecule has 1 fully saturated rings. The molecule has 35 heavy (non-hydrogen) atoms. The van der Waals surface area contributed by atoms with Crippen LogP contribution in [0.5, 0.6) is 0 Å². The Balaban J connectivity index is 1.47. The Labute approximate surface area is 206 Å². The van der Waals surface area contributed by atoms with Gasteiger partial charge in [0.05, 0.1) is 17.1 Å². The molecule has 0 radical (unpaired) electrons. The molecule has 1 saturated carbocycles. The Hall–Kier alpha value is -3.49. The summed E-state index contributed by atoms with van der Waals surface area (Å²) in [4.78, 5) is 25.9. The van der Waals surface area contributed by atoms with E-state index in [9.17, 15) is 4.79 Å². The highest BCUT2D eigenvalue weighted by molar-refractivity contribution is 5.85. The highest BCUT2D eigenvalue weighted by Crippen LogP contribution is 2.32. The summed E-state index contributed by atoms with van der Waals surface area (Å²) in [6.45, 7) is 9.63. The topological polar surface area (TPSA) is 115 Å². The van der Waals surface area contributed by atoms with Crippen molar-refractivity contribution in [2.75, 3.05) is 10.6 Å². The average Bonchev–Trinajstić information content (AvgIpc) is 3.19. The van der Waals surface area contributed by atoms with E-state index in [1.54, 1.807) is 12.1 Å². The lowest BCUT2D eigenvalue weighted by Gasteiger charge is -2.21. The SMILES string of the molecule is Cc1nc(-c2onc(C)c2CNc2nccc(C3CCCCC3)n2)ccc1NC(=O)OC(C)(C)C. The van der Waals surface area contributed by atoms with Gasteiger partial charge in [-0.3, -0.25) is 5.32 Å². The molecular weight excluding hydrogens is 444 g/mol. The first kappa shape index (κ1) is 24.6. The molecule has 4 rings (SSSR count). The Kier molecular flexibility index (Phi) is 7.33. The molecule has 0 atom stereocenters. The van der Waals surface area contributed by atoms with Crippen molar-refractivity contribution in [3.05, 3.63) is 47.0 Å². The summed E-state index contributed by atoms with van der Waals surface area (Å²) in [6.07, 6.45) is 7.52. The molecule has 0 unspecified atom stereocenters. The number of amides is 1. The monoisotopic (exact) mass is 478 g/mol. The molecule has 0 aliphatic heterocycles. The zero-order valence-corrected chi connectivity index (χ0v) is 21.1. The predicted molar refractivity (Wildman–Crippen MR) is 134 cm³/mol. The predicted octanol–water partition coefficient (Wildman–Crippen LogP) is 6.15. The molecule has 3 aromatic heterocycles. The van der Waals surface area contributed by atoms with Crippen molar-refractivity contribution in [3.63, 3.8) is 0 Å². The van der Waals surface area contributed by atoms with E-state index in [0.29, 0.717) is 41.2 Å². The minimum atomic E-state index is -0.579. The van der Waals surface area contributed by atoms with Crippen LogP contribution in [-0.2, 0) is 11.3 Å². The largest absolute Gasteiger partial charge is 0.444 e. The van der Waals surface area contributed by atoms with E-state index in [1.165, 1.54) is 32.1 Å². The summed E-state index contributed by atoms with van der Waals surface area (Å²) < 4.78 is 11.0. The van der Waals surface area contributed by atoms with Crippen LogP contribution in [0.4, 0.5) is 16.4 Å². The molecule has 0 spiro atoms. The van der Waals surface area contributed by atoms with E-state index in [1.807, 2.05) is 46.9 Å². The van der Waals surface area contributed by atoms with Crippen molar-refractivity contribution in [1.82, 2.24) is 20.1 Å². The molecule has 0 saturated heterocycles. The van der Waals surface area contributed by atoms with Crippen molar-refractivity contribution < 1.29 is 14.1 Å². The van der Waals surface area contributed by atoms with Crippen LogP contribution < -0.4 is 10.6 Å². The van der Waals surface area contributed by atoms with Gasteiger partial charge in [0.15, 0.2) is 5.76 Å². The standard InChI is InChI=1S/C26H34N6O3/c1-16-19(15-28-24-27-14-13-21(30-24)18-9-7-6-8-10-18)23(35-32-16)22-12-11-20(17(2)29-22)31-25(33)34-26(3,4)5/h11-14,18H,6-10,15H2,1-5H3,(H,31,33)(H,27,28,30). The van der Waals surface area contributed by atoms with Gasteiger partial charge in [-0.2, -0.15) is 0 Å². The zero-order chi connectivity index (χ0) is 25.0. The number of pyridine rings is 1. The van der Waals surface area contributed by atoms with Crippen molar-refractivity contribution in [3.8, 4) is 11.5 Å². The van der Waals surface area contributed by atoms with Crippen LogP contribution in [0.15, 0.2) is 28.9 Å². The lowest BCUT2D eigenvalue weighted by Crippen LogP contribution is -2.27. The third-order valence-corrected chi connectivity index (χ3v) is 6.06. The first-order chi connectivity index (χ1) is 16.7. The molecule has 3 heterocycles. The number of hydrogen-bond acceptors (Lipinski definition) is 8. The maximum absolute atomic E-state index is 12.1. The van der Waals surface area contributed by atoms with E-state index in [-0.39, 0.29) is 0 Å². The van der Waals surface area contributed by atoms with E-state index < -0.39 is 11.7 Å². The lowest BCUT2D eigenvalue weighted by atomic mass is 9.87.